The monoisotopic (exact) mass is 201 g/mol. The van der Waals surface area contributed by atoms with E-state index >= 15 is 0 Å². The lowest BCUT2D eigenvalue weighted by Gasteiger charge is -2.00. The second-order valence-corrected chi connectivity index (χ2v) is 4.88. The zero-order valence-corrected chi connectivity index (χ0v) is 8.71. The summed E-state index contributed by atoms with van der Waals surface area (Å²) in [5, 5.41) is 3.45. The van der Waals surface area contributed by atoms with Crippen molar-refractivity contribution in [2.24, 2.45) is 0 Å². The molecule has 0 unspecified atom stereocenters. The van der Waals surface area contributed by atoms with Crippen LogP contribution < -0.4 is 0 Å². The van der Waals surface area contributed by atoms with Crippen molar-refractivity contribution in [1.29, 1.82) is 0 Å². The molecular formula is C9H12ClNS. The van der Waals surface area contributed by atoms with Gasteiger partial charge in [0.25, 0.3) is 0 Å². The zero-order chi connectivity index (χ0) is 8.60. The van der Waals surface area contributed by atoms with Crippen molar-refractivity contribution >= 4 is 22.9 Å². The molecule has 0 saturated heterocycles. The van der Waals surface area contributed by atoms with Gasteiger partial charge in [-0.1, -0.05) is 6.92 Å². The molecule has 66 valence electrons. The number of aromatic nitrogens is 1. The normalized spacial score (nSPS) is 19.5. The molecule has 0 atom stereocenters. The summed E-state index contributed by atoms with van der Waals surface area (Å²) in [7, 11) is 0. The minimum atomic E-state index is 0.426. The van der Waals surface area contributed by atoms with Crippen LogP contribution in [0.5, 0.6) is 0 Å². The van der Waals surface area contributed by atoms with Crippen LogP contribution in [-0.2, 0) is 11.8 Å². The number of hydrogen-bond donors (Lipinski definition) is 0. The molecule has 1 nitrogen and oxygen atoms in total. The van der Waals surface area contributed by atoms with E-state index in [9.17, 15) is 0 Å². The van der Waals surface area contributed by atoms with Crippen LogP contribution in [0.2, 0.25) is 0 Å². The third-order valence-corrected chi connectivity index (χ3v) is 3.80. The first-order valence-electron chi connectivity index (χ1n) is 4.25. The van der Waals surface area contributed by atoms with Crippen LogP contribution in [0.1, 0.15) is 30.5 Å². The Hall–Kier alpha value is -0.0800. The summed E-state index contributed by atoms with van der Waals surface area (Å²) in [5.41, 5.74) is 1.59. The first-order valence-corrected chi connectivity index (χ1v) is 5.67. The summed E-state index contributed by atoms with van der Waals surface area (Å²) in [6, 6.07) is 0. The van der Waals surface area contributed by atoms with E-state index in [0.717, 1.165) is 12.1 Å². The van der Waals surface area contributed by atoms with Gasteiger partial charge in [0.1, 0.15) is 0 Å². The van der Waals surface area contributed by atoms with Gasteiger partial charge in [-0.15, -0.1) is 22.9 Å². The smallest absolute Gasteiger partial charge is 0.0987 e. The Balaban J connectivity index is 2.13. The van der Waals surface area contributed by atoms with E-state index in [0.29, 0.717) is 11.3 Å². The molecule has 0 bridgehead atoms. The highest BCUT2D eigenvalue weighted by Gasteiger charge is 2.41. The highest BCUT2D eigenvalue weighted by Crippen LogP contribution is 2.48. The third kappa shape index (κ3) is 1.50. The number of aryl methyl sites for hydroxylation is 1. The second-order valence-electron chi connectivity index (χ2n) is 3.64. The Morgan fingerprint density at radius 2 is 2.42 bits per heavy atom. The highest BCUT2D eigenvalue weighted by molar-refractivity contribution is 7.09. The molecule has 1 aliphatic rings. The van der Waals surface area contributed by atoms with Crippen LogP contribution in [-0.4, -0.2) is 10.9 Å². The van der Waals surface area contributed by atoms with Crippen LogP contribution in [0.15, 0.2) is 5.38 Å². The summed E-state index contributed by atoms with van der Waals surface area (Å²) in [5.74, 6) is 0.680. The average Bonchev–Trinajstić information content (AvgIpc) is 2.64. The van der Waals surface area contributed by atoms with Crippen LogP contribution in [0.4, 0.5) is 0 Å². The molecular weight excluding hydrogens is 190 g/mol. The van der Waals surface area contributed by atoms with Gasteiger partial charge in [0.2, 0.25) is 0 Å². The van der Waals surface area contributed by atoms with E-state index in [2.05, 4.69) is 17.3 Å². The maximum absolute atomic E-state index is 5.64. The predicted octanol–water partition coefficient (Wildman–Crippen LogP) is 2.98. The summed E-state index contributed by atoms with van der Waals surface area (Å²) < 4.78 is 0. The Labute approximate surface area is 81.8 Å². The molecule has 0 aliphatic heterocycles. The fourth-order valence-corrected chi connectivity index (χ4v) is 2.47. The molecule has 12 heavy (non-hydrogen) atoms. The van der Waals surface area contributed by atoms with E-state index in [1.165, 1.54) is 17.8 Å². The van der Waals surface area contributed by atoms with Crippen molar-refractivity contribution in [3.05, 3.63) is 16.1 Å². The molecule has 0 N–H and O–H groups in total. The van der Waals surface area contributed by atoms with Crippen LogP contribution in [0.25, 0.3) is 0 Å². The van der Waals surface area contributed by atoms with Crippen molar-refractivity contribution in [3.63, 3.8) is 0 Å². The van der Waals surface area contributed by atoms with Gasteiger partial charge in [-0.25, -0.2) is 4.98 Å². The molecule has 1 fully saturated rings. The number of thiazole rings is 1. The standard InChI is InChI=1S/C9H12ClNS/c1-9(3-4-9)8-11-7(2-5-10)6-12-8/h6H,2-5H2,1H3. The summed E-state index contributed by atoms with van der Waals surface area (Å²) in [6.45, 7) is 2.29. The second kappa shape index (κ2) is 3.00. The number of nitrogens with zero attached hydrogens (tertiary/aromatic N) is 1. The Bertz CT molecular complexity index is 278. The lowest BCUT2D eigenvalue weighted by Crippen LogP contribution is -1.99. The zero-order valence-electron chi connectivity index (χ0n) is 7.14. The van der Waals surface area contributed by atoms with Crippen LogP contribution >= 0.6 is 22.9 Å². The van der Waals surface area contributed by atoms with Gasteiger partial charge in [-0.2, -0.15) is 0 Å². The Morgan fingerprint density at radius 1 is 1.67 bits per heavy atom. The topological polar surface area (TPSA) is 12.9 Å². The fraction of sp³-hybridized carbons (Fsp3) is 0.667. The van der Waals surface area contributed by atoms with Gasteiger partial charge >= 0.3 is 0 Å². The number of rotatable bonds is 3. The van der Waals surface area contributed by atoms with Crippen LogP contribution in [0, 0.1) is 0 Å². The van der Waals surface area contributed by atoms with Crippen molar-refractivity contribution in [2.45, 2.75) is 31.6 Å². The summed E-state index contributed by atoms with van der Waals surface area (Å²) >= 11 is 7.43. The van der Waals surface area contributed by atoms with Crippen molar-refractivity contribution in [3.8, 4) is 0 Å². The van der Waals surface area contributed by atoms with E-state index in [-0.39, 0.29) is 0 Å². The van der Waals surface area contributed by atoms with E-state index < -0.39 is 0 Å². The summed E-state index contributed by atoms with van der Waals surface area (Å²) in [4.78, 5) is 4.57. The summed E-state index contributed by atoms with van der Waals surface area (Å²) in [6.07, 6.45) is 3.52. The molecule has 0 amide bonds. The van der Waals surface area contributed by atoms with Gasteiger partial charge in [-0.3, -0.25) is 0 Å². The lowest BCUT2D eigenvalue weighted by molar-refractivity contribution is 0.769. The molecule has 3 heteroatoms. The molecule has 1 aromatic rings. The minimum absolute atomic E-state index is 0.426. The third-order valence-electron chi connectivity index (χ3n) is 2.42. The van der Waals surface area contributed by atoms with E-state index in [1.807, 2.05) is 0 Å². The van der Waals surface area contributed by atoms with Gasteiger partial charge < -0.3 is 0 Å². The molecule has 1 aromatic heterocycles. The first-order chi connectivity index (χ1) is 5.74. The van der Waals surface area contributed by atoms with Crippen molar-refractivity contribution in [1.82, 2.24) is 4.98 Å². The highest BCUT2D eigenvalue weighted by atomic mass is 35.5. The van der Waals surface area contributed by atoms with E-state index in [1.54, 1.807) is 11.3 Å². The lowest BCUT2D eigenvalue weighted by atomic mass is 10.2. The number of hydrogen-bond acceptors (Lipinski definition) is 2. The van der Waals surface area contributed by atoms with Crippen molar-refractivity contribution < 1.29 is 0 Å². The molecule has 0 radical (unpaired) electrons. The van der Waals surface area contributed by atoms with Gasteiger partial charge in [0, 0.05) is 23.1 Å². The van der Waals surface area contributed by atoms with Crippen LogP contribution in [0.3, 0.4) is 0 Å². The average molecular weight is 202 g/mol. The van der Waals surface area contributed by atoms with Crippen molar-refractivity contribution in [2.75, 3.05) is 5.88 Å². The van der Waals surface area contributed by atoms with E-state index in [4.69, 9.17) is 11.6 Å². The first kappa shape index (κ1) is 8.52. The largest absolute Gasteiger partial charge is 0.246 e. The molecule has 1 saturated carbocycles. The maximum atomic E-state index is 5.64. The quantitative estimate of drug-likeness (QED) is 0.686. The minimum Gasteiger partial charge on any atom is -0.246 e. The number of alkyl halides is 1. The van der Waals surface area contributed by atoms with Gasteiger partial charge in [-0.05, 0) is 12.8 Å². The predicted molar refractivity (Wildman–Crippen MR) is 53.1 cm³/mol. The molecule has 2 rings (SSSR count). The maximum Gasteiger partial charge on any atom is 0.0987 e. The molecule has 0 spiro atoms. The Kier molecular flexibility index (Phi) is 2.13. The van der Waals surface area contributed by atoms with Gasteiger partial charge in [0.15, 0.2) is 0 Å². The Morgan fingerprint density at radius 3 is 3.00 bits per heavy atom. The SMILES string of the molecule is CC1(c2nc(CCCl)cs2)CC1. The fourth-order valence-electron chi connectivity index (χ4n) is 1.20. The number of halogens is 1. The molecule has 0 aromatic carbocycles. The van der Waals surface area contributed by atoms with Gasteiger partial charge in [0.05, 0.1) is 10.7 Å². The molecule has 1 heterocycles. The molecule has 1 aliphatic carbocycles.